The summed E-state index contributed by atoms with van der Waals surface area (Å²) in [6, 6.07) is 16.6. The molecule has 0 aliphatic rings. The van der Waals surface area contributed by atoms with Crippen molar-refractivity contribution in [3.8, 4) is 5.75 Å². The molecule has 1 N–H and O–H groups in total. The summed E-state index contributed by atoms with van der Waals surface area (Å²) in [5.41, 5.74) is 1.74. The van der Waals surface area contributed by atoms with Gasteiger partial charge in [0.05, 0.1) is 5.75 Å². The van der Waals surface area contributed by atoms with Crippen molar-refractivity contribution in [2.75, 3.05) is 13.2 Å². The van der Waals surface area contributed by atoms with Gasteiger partial charge in [0, 0.05) is 0 Å². The summed E-state index contributed by atoms with van der Waals surface area (Å²) in [5, 5.41) is 0. The Balaban J connectivity index is 1.71. The molecule has 6 heteroatoms. The fourth-order valence-electron chi connectivity index (χ4n) is 1.90. The minimum Gasteiger partial charge on any atom is -0.491 e. The molecule has 5 nitrogen and oxygen atoms in total. The zero-order valence-electron chi connectivity index (χ0n) is 12.4. The molecule has 0 bridgehead atoms. The van der Waals surface area contributed by atoms with E-state index in [4.69, 9.17) is 9.57 Å². The van der Waals surface area contributed by atoms with Crippen LogP contribution in [0.5, 0.6) is 5.75 Å². The summed E-state index contributed by atoms with van der Waals surface area (Å²) in [6.07, 6.45) is 0. The van der Waals surface area contributed by atoms with Crippen molar-refractivity contribution in [2.24, 2.45) is 0 Å². The Morgan fingerprint density at radius 1 is 1.00 bits per heavy atom. The lowest BCUT2D eigenvalue weighted by atomic mass is 10.2. The van der Waals surface area contributed by atoms with E-state index in [2.05, 4.69) is 4.89 Å². The van der Waals surface area contributed by atoms with E-state index in [-0.39, 0.29) is 19.0 Å². The fraction of sp³-hybridized carbons (Fsp3) is 0.250. The van der Waals surface area contributed by atoms with Crippen LogP contribution in [0.2, 0.25) is 0 Å². The third kappa shape index (κ3) is 5.85. The van der Waals surface area contributed by atoms with E-state index < -0.39 is 10.0 Å². The molecule has 0 aliphatic heterocycles. The van der Waals surface area contributed by atoms with Crippen molar-refractivity contribution < 1.29 is 18.0 Å². The largest absolute Gasteiger partial charge is 0.491 e. The molecule has 0 aliphatic carbocycles. The molecular weight excluding hydrogens is 302 g/mol. The van der Waals surface area contributed by atoms with Crippen LogP contribution in [0.1, 0.15) is 11.1 Å². The molecule has 0 saturated heterocycles. The number of hydrogen-bond acceptors (Lipinski definition) is 4. The molecule has 118 valence electrons. The van der Waals surface area contributed by atoms with Crippen LogP contribution >= 0.6 is 0 Å². The Morgan fingerprint density at radius 2 is 1.77 bits per heavy atom. The van der Waals surface area contributed by atoms with Crippen molar-refractivity contribution >= 4 is 10.0 Å². The smallest absolute Gasteiger partial charge is 0.237 e. The molecule has 0 aromatic heterocycles. The Hall–Kier alpha value is -1.89. The molecule has 0 amide bonds. The van der Waals surface area contributed by atoms with Crippen molar-refractivity contribution in [1.29, 1.82) is 0 Å². The quantitative estimate of drug-likeness (QED) is 0.599. The molecule has 0 unspecified atom stereocenters. The highest BCUT2D eigenvalue weighted by molar-refractivity contribution is 7.88. The summed E-state index contributed by atoms with van der Waals surface area (Å²) in [5.74, 6) is 0.600. The SMILES string of the molecule is Cc1cccc(CS(=O)(=O)NOCCOc2ccccc2)c1. The number of nitrogens with one attached hydrogen (secondary N) is 1. The highest BCUT2D eigenvalue weighted by Crippen LogP contribution is 2.08. The molecule has 0 atom stereocenters. The molecular formula is C16H19NO4S. The molecule has 22 heavy (non-hydrogen) atoms. The predicted octanol–water partition coefficient (Wildman–Crippen LogP) is 2.43. The maximum atomic E-state index is 11.9. The average molecular weight is 321 g/mol. The second-order valence-electron chi connectivity index (χ2n) is 4.84. The second kappa shape index (κ2) is 7.93. The van der Waals surface area contributed by atoms with Gasteiger partial charge in [0.25, 0.3) is 0 Å². The van der Waals surface area contributed by atoms with E-state index in [9.17, 15) is 8.42 Å². The van der Waals surface area contributed by atoms with Gasteiger partial charge in [-0.3, -0.25) is 4.84 Å². The molecule has 0 spiro atoms. The monoisotopic (exact) mass is 321 g/mol. The van der Waals surface area contributed by atoms with E-state index in [0.29, 0.717) is 5.75 Å². The summed E-state index contributed by atoms with van der Waals surface area (Å²) in [6.45, 7) is 2.31. The highest BCUT2D eigenvalue weighted by atomic mass is 32.2. The highest BCUT2D eigenvalue weighted by Gasteiger charge is 2.11. The first kappa shape index (κ1) is 16.5. The van der Waals surface area contributed by atoms with Gasteiger partial charge in [0.15, 0.2) is 0 Å². The lowest BCUT2D eigenvalue weighted by Gasteiger charge is -2.09. The summed E-state index contributed by atoms with van der Waals surface area (Å²) in [4.78, 5) is 7.07. The second-order valence-corrected chi connectivity index (χ2v) is 6.53. The number of sulfonamides is 1. The zero-order chi connectivity index (χ0) is 15.8. The van der Waals surface area contributed by atoms with Gasteiger partial charge in [-0.2, -0.15) is 0 Å². The molecule has 2 rings (SSSR count). The van der Waals surface area contributed by atoms with Crippen molar-refractivity contribution in [3.05, 3.63) is 65.7 Å². The fourth-order valence-corrected chi connectivity index (χ4v) is 2.84. The molecule has 0 fully saturated rings. The van der Waals surface area contributed by atoms with Crippen LogP contribution in [0.4, 0.5) is 0 Å². The van der Waals surface area contributed by atoms with Crippen molar-refractivity contribution in [3.63, 3.8) is 0 Å². The first-order valence-corrected chi connectivity index (χ1v) is 8.55. The third-order valence-corrected chi connectivity index (χ3v) is 3.91. The van der Waals surface area contributed by atoms with Crippen LogP contribution in [-0.2, 0) is 20.6 Å². The predicted molar refractivity (Wildman–Crippen MR) is 84.8 cm³/mol. The number of benzene rings is 2. The number of hydrogen-bond donors (Lipinski definition) is 1. The topological polar surface area (TPSA) is 64.6 Å². The first-order valence-electron chi connectivity index (χ1n) is 6.90. The lowest BCUT2D eigenvalue weighted by molar-refractivity contribution is 0.0665. The van der Waals surface area contributed by atoms with Crippen LogP contribution in [0.3, 0.4) is 0 Å². The minimum absolute atomic E-state index is 0.117. The van der Waals surface area contributed by atoms with Crippen molar-refractivity contribution in [1.82, 2.24) is 4.89 Å². The van der Waals surface area contributed by atoms with Gasteiger partial charge in [0.2, 0.25) is 10.0 Å². The van der Waals surface area contributed by atoms with Crippen molar-refractivity contribution in [2.45, 2.75) is 12.7 Å². The standard InChI is InChI=1S/C16H19NO4S/c1-14-6-5-7-15(12-14)13-22(18,19)17-21-11-10-20-16-8-3-2-4-9-16/h2-9,12,17H,10-11,13H2,1H3. The maximum Gasteiger partial charge on any atom is 0.237 e. The minimum atomic E-state index is -3.52. The van der Waals surface area contributed by atoms with Crippen LogP contribution in [0.25, 0.3) is 0 Å². The number of ether oxygens (including phenoxy) is 1. The van der Waals surface area contributed by atoms with Crippen LogP contribution < -0.4 is 9.62 Å². The van der Waals surface area contributed by atoms with E-state index >= 15 is 0 Å². The Bertz CT molecular complexity index is 686. The van der Waals surface area contributed by atoms with Gasteiger partial charge in [-0.25, -0.2) is 8.42 Å². The van der Waals surface area contributed by atoms with E-state index in [1.54, 1.807) is 6.07 Å². The third-order valence-electron chi connectivity index (χ3n) is 2.82. The number of para-hydroxylation sites is 1. The van der Waals surface area contributed by atoms with E-state index in [0.717, 1.165) is 11.1 Å². The van der Waals surface area contributed by atoms with E-state index in [1.807, 2.05) is 55.5 Å². The maximum absolute atomic E-state index is 11.9. The molecule has 2 aromatic carbocycles. The Kier molecular flexibility index (Phi) is 5.94. The molecule has 0 saturated carbocycles. The normalized spacial score (nSPS) is 11.3. The van der Waals surface area contributed by atoms with Gasteiger partial charge >= 0.3 is 0 Å². The molecule has 0 radical (unpaired) electrons. The zero-order valence-corrected chi connectivity index (χ0v) is 13.2. The number of rotatable bonds is 8. The Morgan fingerprint density at radius 3 is 2.50 bits per heavy atom. The van der Waals surface area contributed by atoms with Gasteiger partial charge in [-0.05, 0) is 24.6 Å². The van der Waals surface area contributed by atoms with Crippen LogP contribution in [-0.4, -0.2) is 21.6 Å². The molecule has 0 heterocycles. The first-order chi connectivity index (χ1) is 10.6. The summed E-state index contributed by atoms with van der Waals surface area (Å²) < 4.78 is 29.1. The van der Waals surface area contributed by atoms with Gasteiger partial charge in [-0.1, -0.05) is 52.9 Å². The summed E-state index contributed by atoms with van der Waals surface area (Å²) >= 11 is 0. The molecule has 2 aromatic rings. The van der Waals surface area contributed by atoms with Gasteiger partial charge in [-0.15, -0.1) is 0 Å². The lowest BCUT2D eigenvalue weighted by Crippen LogP contribution is -2.27. The number of aryl methyl sites for hydroxylation is 1. The van der Waals surface area contributed by atoms with Gasteiger partial charge in [0.1, 0.15) is 19.0 Å². The van der Waals surface area contributed by atoms with Gasteiger partial charge < -0.3 is 4.74 Å². The van der Waals surface area contributed by atoms with E-state index in [1.165, 1.54) is 0 Å². The van der Waals surface area contributed by atoms with Crippen LogP contribution in [0.15, 0.2) is 54.6 Å². The Labute approximate surface area is 130 Å². The van der Waals surface area contributed by atoms with Crippen LogP contribution in [0, 0.1) is 6.92 Å². The summed E-state index contributed by atoms with van der Waals surface area (Å²) in [7, 11) is -3.52. The average Bonchev–Trinajstić information content (AvgIpc) is 2.47.